The summed E-state index contributed by atoms with van der Waals surface area (Å²) in [7, 11) is 1.30. The maximum atomic E-state index is 11.2. The third kappa shape index (κ3) is 5.38. The van der Waals surface area contributed by atoms with E-state index in [1.165, 1.54) is 32.8 Å². The van der Waals surface area contributed by atoms with E-state index in [1.54, 1.807) is 0 Å². The summed E-state index contributed by atoms with van der Waals surface area (Å²) in [6.45, 7) is 2.19. The van der Waals surface area contributed by atoms with Gasteiger partial charge in [0, 0.05) is 0 Å². The standard InChI is InChI=1S/C15H28O5/c1-3-4-5-6-7-8-9-11-14(17)15(18)12(20-11)10-13(16)19-2/h11-12,14-15,17-18H,3-10H2,1-2H3/t11?,12?,14-,15+/m1/s1. The molecule has 2 unspecified atom stereocenters. The first-order valence-corrected chi connectivity index (χ1v) is 7.68. The third-order valence-corrected chi connectivity index (χ3v) is 3.90. The number of carbonyl (C=O) groups excluding carboxylic acids is 1. The first kappa shape index (κ1) is 17.4. The Hall–Kier alpha value is -0.650. The minimum atomic E-state index is -1.00. The maximum absolute atomic E-state index is 11.2. The molecule has 5 heteroatoms. The zero-order valence-electron chi connectivity index (χ0n) is 12.6. The highest BCUT2D eigenvalue weighted by molar-refractivity contribution is 5.69. The lowest BCUT2D eigenvalue weighted by Gasteiger charge is -2.14. The van der Waals surface area contributed by atoms with Crippen molar-refractivity contribution in [3.63, 3.8) is 0 Å². The molecule has 0 bridgehead atoms. The van der Waals surface area contributed by atoms with Gasteiger partial charge in [-0.25, -0.2) is 0 Å². The number of carbonyl (C=O) groups is 1. The van der Waals surface area contributed by atoms with E-state index in [2.05, 4.69) is 11.7 Å². The van der Waals surface area contributed by atoms with Crippen molar-refractivity contribution >= 4 is 5.97 Å². The number of ether oxygens (including phenoxy) is 2. The Morgan fingerprint density at radius 2 is 1.65 bits per heavy atom. The number of methoxy groups -OCH3 is 1. The van der Waals surface area contributed by atoms with E-state index in [0.29, 0.717) is 0 Å². The van der Waals surface area contributed by atoms with E-state index in [-0.39, 0.29) is 12.5 Å². The van der Waals surface area contributed by atoms with E-state index in [4.69, 9.17) is 4.74 Å². The fraction of sp³-hybridized carbons (Fsp3) is 0.933. The molecule has 1 aliphatic rings. The fourth-order valence-corrected chi connectivity index (χ4v) is 2.61. The van der Waals surface area contributed by atoms with Gasteiger partial charge in [-0.05, 0) is 6.42 Å². The van der Waals surface area contributed by atoms with Gasteiger partial charge in [0.2, 0.25) is 0 Å². The number of hydrogen-bond donors (Lipinski definition) is 2. The van der Waals surface area contributed by atoms with Gasteiger partial charge in [0.15, 0.2) is 0 Å². The largest absolute Gasteiger partial charge is 0.469 e. The van der Waals surface area contributed by atoms with Gasteiger partial charge in [0.05, 0.1) is 25.7 Å². The minimum absolute atomic E-state index is 0.0122. The van der Waals surface area contributed by atoms with E-state index < -0.39 is 24.3 Å². The summed E-state index contributed by atoms with van der Waals surface area (Å²) in [5.41, 5.74) is 0. The van der Waals surface area contributed by atoms with Crippen LogP contribution >= 0.6 is 0 Å². The fourth-order valence-electron chi connectivity index (χ4n) is 2.61. The Morgan fingerprint density at radius 1 is 1.05 bits per heavy atom. The van der Waals surface area contributed by atoms with Crippen LogP contribution in [0.2, 0.25) is 0 Å². The molecule has 0 aromatic carbocycles. The summed E-state index contributed by atoms with van der Waals surface area (Å²) in [5.74, 6) is -0.429. The van der Waals surface area contributed by atoms with Crippen LogP contribution in [0, 0.1) is 0 Å². The molecule has 118 valence electrons. The lowest BCUT2D eigenvalue weighted by Crippen LogP contribution is -2.33. The topological polar surface area (TPSA) is 76.0 Å². The second-order valence-corrected chi connectivity index (χ2v) is 5.53. The molecule has 20 heavy (non-hydrogen) atoms. The number of aliphatic hydroxyl groups is 2. The lowest BCUT2D eigenvalue weighted by molar-refractivity contribution is -0.144. The highest BCUT2D eigenvalue weighted by Crippen LogP contribution is 2.27. The average molecular weight is 288 g/mol. The van der Waals surface area contributed by atoms with Crippen LogP contribution in [0.15, 0.2) is 0 Å². The van der Waals surface area contributed by atoms with Gasteiger partial charge in [0.25, 0.3) is 0 Å². The normalized spacial score (nSPS) is 29.6. The molecule has 0 aliphatic carbocycles. The molecule has 1 aliphatic heterocycles. The molecule has 0 amide bonds. The van der Waals surface area contributed by atoms with Crippen molar-refractivity contribution in [2.45, 2.75) is 82.7 Å². The summed E-state index contributed by atoms with van der Waals surface area (Å²) in [6.07, 6.45) is 4.82. The van der Waals surface area contributed by atoms with Gasteiger partial charge in [-0.1, -0.05) is 45.4 Å². The molecule has 0 spiro atoms. The number of rotatable bonds is 9. The maximum Gasteiger partial charge on any atom is 0.308 e. The zero-order valence-corrected chi connectivity index (χ0v) is 12.6. The van der Waals surface area contributed by atoms with Crippen LogP contribution in [0.3, 0.4) is 0 Å². The quantitative estimate of drug-likeness (QED) is 0.500. The zero-order chi connectivity index (χ0) is 15.0. The highest BCUT2D eigenvalue weighted by atomic mass is 16.6. The summed E-state index contributed by atoms with van der Waals surface area (Å²) in [4.78, 5) is 11.2. The second kappa shape index (κ2) is 9.32. The SMILES string of the molecule is CCCCCCCCC1OC(CC(=O)OC)[C@H](O)[C@@H]1O. The smallest absolute Gasteiger partial charge is 0.308 e. The van der Waals surface area contributed by atoms with Crippen molar-refractivity contribution in [3.05, 3.63) is 0 Å². The predicted octanol–water partition coefficient (Wildman–Crippen LogP) is 1.79. The van der Waals surface area contributed by atoms with E-state index in [0.717, 1.165) is 19.3 Å². The van der Waals surface area contributed by atoms with Crippen molar-refractivity contribution in [1.29, 1.82) is 0 Å². The number of unbranched alkanes of at least 4 members (excludes halogenated alkanes) is 5. The molecule has 1 rings (SSSR count). The highest BCUT2D eigenvalue weighted by Gasteiger charge is 2.42. The molecule has 4 atom stereocenters. The van der Waals surface area contributed by atoms with Gasteiger partial charge >= 0.3 is 5.97 Å². The average Bonchev–Trinajstić information content (AvgIpc) is 2.71. The Balaban J connectivity index is 2.24. The van der Waals surface area contributed by atoms with Crippen LogP contribution in [0.4, 0.5) is 0 Å². The summed E-state index contributed by atoms with van der Waals surface area (Å²) < 4.78 is 10.1. The monoisotopic (exact) mass is 288 g/mol. The minimum Gasteiger partial charge on any atom is -0.469 e. The molecular formula is C15H28O5. The molecule has 0 aromatic rings. The van der Waals surface area contributed by atoms with Crippen LogP contribution in [0.5, 0.6) is 0 Å². The summed E-state index contributed by atoms with van der Waals surface area (Å²) in [6, 6.07) is 0. The van der Waals surface area contributed by atoms with Crippen LogP contribution in [-0.2, 0) is 14.3 Å². The first-order valence-electron chi connectivity index (χ1n) is 7.68. The van der Waals surface area contributed by atoms with Crippen molar-refractivity contribution in [2.75, 3.05) is 7.11 Å². The van der Waals surface area contributed by atoms with Crippen molar-refractivity contribution in [2.24, 2.45) is 0 Å². The number of aliphatic hydroxyl groups excluding tert-OH is 2. The van der Waals surface area contributed by atoms with E-state index in [1.807, 2.05) is 0 Å². The Labute approximate surface area is 121 Å². The van der Waals surface area contributed by atoms with Crippen LogP contribution in [0.1, 0.15) is 58.3 Å². The van der Waals surface area contributed by atoms with Gasteiger partial charge in [-0.15, -0.1) is 0 Å². The Kier molecular flexibility index (Phi) is 8.11. The van der Waals surface area contributed by atoms with Gasteiger partial charge in [-0.3, -0.25) is 4.79 Å². The summed E-state index contributed by atoms with van der Waals surface area (Å²) in [5, 5.41) is 19.8. The van der Waals surface area contributed by atoms with Crippen molar-refractivity contribution in [3.8, 4) is 0 Å². The number of esters is 1. The molecule has 0 aromatic heterocycles. The van der Waals surface area contributed by atoms with Gasteiger partial charge in [-0.2, -0.15) is 0 Å². The van der Waals surface area contributed by atoms with Crippen LogP contribution in [0.25, 0.3) is 0 Å². The summed E-state index contributed by atoms with van der Waals surface area (Å²) >= 11 is 0. The number of hydrogen-bond acceptors (Lipinski definition) is 5. The molecule has 1 heterocycles. The molecule has 5 nitrogen and oxygen atoms in total. The second-order valence-electron chi connectivity index (χ2n) is 5.53. The molecule has 1 fully saturated rings. The Morgan fingerprint density at radius 3 is 2.30 bits per heavy atom. The molecule has 2 N–H and O–H groups in total. The van der Waals surface area contributed by atoms with Crippen molar-refractivity contribution in [1.82, 2.24) is 0 Å². The van der Waals surface area contributed by atoms with Gasteiger partial charge < -0.3 is 19.7 Å². The van der Waals surface area contributed by atoms with E-state index in [9.17, 15) is 15.0 Å². The first-order chi connectivity index (χ1) is 9.60. The van der Waals surface area contributed by atoms with E-state index >= 15 is 0 Å². The third-order valence-electron chi connectivity index (χ3n) is 3.90. The van der Waals surface area contributed by atoms with Crippen LogP contribution in [-0.4, -0.2) is 47.7 Å². The lowest BCUT2D eigenvalue weighted by atomic mass is 10.0. The molecule has 0 saturated carbocycles. The van der Waals surface area contributed by atoms with Crippen molar-refractivity contribution < 1.29 is 24.5 Å². The predicted molar refractivity (Wildman–Crippen MR) is 75.3 cm³/mol. The van der Waals surface area contributed by atoms with Gasteiger partial charge in [0.1, 0.15) is 12.2 Å². The molecular weight excluding hydrogens is 260 g/mol. The molecule has 0 radical (unpaired) electrons. The molecule has 1 saturated heterocycles. The Bertz CT molecular complexity index is 281. The van der Waals surface area contributed by atoms with Crippen LogP contribution < -0.4 is 0 Å².